The summed E-state index contributed by atoms with van der Waals surface area (Å²) in [5, 5.41) is 106. The van der Waals surface area contributed by atoms with Crippen molar-refractivity contribution >= 4 is 62.2 Å². The first-order valence-electron chi connectivity index (χ1n) is 25.5. The second-order valence-electron chi connectivity index (χ2n) is 18.5. The van der Waals surface area contributed by atoms with Crippen molar-refractivity contribution in [1.29, 1.82) is 0 Å². The van der Waals surface area contributed by atoms with Crippen LogP contribution < -0.4 is 50.0 Å². The van der Waals surface area contributed by atoms with Gasteiger partial charge >= 0.3 is 35.5 Å². The number of aliphatic hydroxyl groups excluding tert-OH is 4. The van der Waals surface area contributed by atoms with Gasteiger partial charge in [0.05, 0.1) is 26.4 Å². The number of hydrogen-bond acceptors (Lipinski definition) is 25. The molecule has 30 nitrogen and oxygen atoms in total. The predicted octanol–water partition coefficient (Wildman–Crippen LogP) is 1.99. The maximum Gasteiger partial charge on any atom is 1.00 e. The van der Waals surface area contributed by atoms with Crippen LogP contribution in [0.2, 0.25) is 5.15 Å². The molecule has 2 aromatic carbocycles. The number of nitrogens with one attached hydrogen (secondary N) is 2. The van der Waals surface area contributed by atoms with E-state index in [2.05, 4.69) is 76.1 Å². The number of hydrogen-bond donors (Lipinski definition) is 7. The summed E-state index contributed by atoms with van der Waals surface area (Å²) in [7, 11) is 0. The Morgan fingerprint density at radius 2 is 1.05 bits per heavy atom. The molecule has 0 fully saturated rings. The number of rotatable bonds is 14. The number of carboxylic acids is 1. The van der Waals surface area contributed by atoms with Gasteiger partial charge in [-0.1, -0.05) is 108 Å². The Balaban J connectivity index is 0.000000255. The molecule has 32 heteroatoms. The minimum Gasteiger partial charge on any atom is -0.850 e. The number of aliphatic hydroxyl groups is 4. The van der Waals surface area contributed by atoms with E-state index in [-0.39, 0.29) is 99.0 Å². The van der Waals surface area contributed by atoms with Crippen molar-refractivity contribution in [3.8, 4) is 28.9 Å². The van der Waals surface area contributed by atoms with Crippen LogP contribution in [0.5, 0.6) is 5.88 Å². The number of aromatic carboxylic acids is 1. The number of benzene rings is 2. The molecule has 440 valence electrons. The summed E-state index contributed by atoms with van der Waals surface area (Å²) in [5.74, 6) is 0.232. The Labute approximate surface area is 506 Å². The van der Waals surface area contributed by atoms with Crippen LogP contribution in [0.4, 0.5) is 0 Å². The van der Waals surface area contributed by atoms with Gasteiger partial charge in [0.2, 0.25) is 34.8 Å². The number of ether oxygens (including phenoxy) is 1. The van der Waals surface area contributed by atoms with Crippen molar-refractivity contribution in [2.45, 2.75) is 93.4 Å². The zero-order valence-electron chi connectivity index (χ0n) is 47.7. The van der Waals surface area contributed by atoms with E-state index < -0.39 is 29.4 Å². The molecule has 0 saturated heterocycles. The van der Waals surface area contributed by atoms with E-state index in [4.69, 9.17) is 58.4 Å². The molecule has 2 atom stereocenters. The summed E-state index contributed by atoms with van der Waals surface area (Å²) in [6, 6.07) is 21.9. The van der Waals surface area contributed by atoms with Gasteiger partial charge in [-0.25, -0.2) is 4.79 Å². The number of carbonyl (C=O) groups is 3. The van der Waals surface area contributed by atoms with Crippen LogP contribution >= 0.6 is 11.6 Å². The fourth-order valence-corrected chi connectivity index (χ4v) is 6.99. The Morgan fingerprint density at radius 1 is 0.643 bits per heavy atom. The molecular weight excluding hydrogens is 1130 g/mol. The first-order valence-corrected chi connectivity index (χ1v) is 24.9. The number of carbonyl (C=O) groups excluding carboxylic acids is 2. The summed E-state index contributed by atoms with van der Waals surface area (Å²) >= 11 is 6.23. The van der Waals surface area contributed by atoms with Gasteiger partial charge in [0.1, 0.15) is 35.2 Å². The molecule has 84 heavy (non-hydrogen) atoms. The third kappa shape index (κ3) is 17.2. The number of fused-ring (bicyclic) bond motifs is 6. The van der Waals surface area contributed by atoms with Gasteiger partial charge < -0.3 is 68.6 Å². The Hall–Kier alpha value is -8.59. The van der Waals surface area contributed by atoms with Gasteiger partial charge in [0.25, 0.3) is 11.8 Å². The van der Waals surface area contributed by atoms with Gasteiger partial charge in [0.15, 0.2) is 27.8 Å². The second kappa shape index (κ2) is 30.1. The van der Waals surface area contributed by atoms with Gasteiger partial charge in [-0.05, 0) is 33.8 Å². The molecule has 0 saturated carbocycles. The van der Waals surface area contributed by atoms with Gasteiger partial charge in [-0.2, -0.15) is 14.1 Å². The molecule has 0 spiro atoms. The summed E-state index contributed by atoms with van der Waals surface area (Å²) in [6.45, 7) is 10.9. The first kappa shape index (κ1) is 64.6. The molecule has 11 rings (SSSR count). The Kier molecular flexibility index (Phi) is 23.1. The monoisotopic (exact) mass is 1190 g/mol. The number of halogens is 1. The molecule has 0 aliphatic carbocycles. The molecule has 0 bridgehead atoms. The predicted molar refractivity (Wildman–Crippen MR) is 291 cm³/mol. The van der Waals surface area contributed by atoms with Crippen molar-refractivity contribution in [1.82, 2.24) is 76.0 Å². The van der Waals surface area contributed by atoms with E-state index in [1.165, 1.54) is 18.2 Å². The van der Waals surface area contributed by atoms with Crippen molar-refractivity contribution in [2.24, 2.45) is 0 Å². The SMILES string of the molecule is C.CC(C)(C)[O-].C[C@H](CO)NC(=O)c1cc(CO)no1.Cc1cc(-c2nnc3c4ccccc4c(Cl)nn23)no1.Cc1cc(-c2nnc3c4ccccc4c(OCc4cc(C(=O)N[C@H](C)CO)on4)nn23)no1.O=C(O)c1cc(CO)no1.[2H][2H].[Na+]. The average Bonchev–Trinajstić information content (AvgIpc) is 1.85. The number of aromatic nitrogens is 13. The quantitative estimate of drug-likeness (QED) is 0.0765. The Morgan fingerprint density at radius 3 is 1.46 bits per heavy atom. The fourth-order valence-electron chi connectivity index (χ4n) is 6.75. The third-order valence-corrected chi connectivity index (χ3v) is 10.8. The standard InChI is InChI=1S/C21H19N7O5.C13H8ClN5O.C8H12N2O4.C5H5NO4.C4H9O.CH4.Na.H2/c1-11(9-29)22-20(30)17-8-13(26-33-17)10-31-21-15-6-4-3-5-14(15)18-23-24-19(28(18)25-21)16-7-12(2)32-27-16;1-7-6-10(18-20-7)13-16-15-12-9-5-3-2-4-8(9)11(14)17-19(12)13;1-5(3-11)9-8(13)7-2-6(4-12)10-14-7;7-2-3-1-4(5(8)9)10-6-3;1-4(2,3)5;;;/h3-8,11,29H,9-10H2,1-2H3,(H,22,30);2-6H,1H3;2,5,11-12H,3-4H2,1H3,(H,9,13);1,7H,2H2,(H,8,9);1-3H3;1H4;;1H/q;;;;-1;;+1;/t11-;;5-;;;;;/m1.1...../s1/i;;;;;;;1+1D. The van der Waals surface area contributed by atoms with Crippen molar-refractivity contribution < 1.29 is 105 Å². The zero-order valence-corrected chi connectivity index (χ0v) is 48.5. The summed E-state index contributed by atoms with van der Waals surface area (Å²) < 4.78 is 43.4. The van der Waals surface area contributed by atoms with Crippen LogP contribution in [-0.2, 0) is 19.8 Å². The normalized spacial score (nSPS) is 11.6. The van der Waals surface area contributed by atoms with Crippen LogP contribution in [0.3, 0.4) is 0 Å². The molecule has 0 unspecified atom stereocenters. The third-order valence-electron chi connectivity index (χ3n) is 10.5. The number of aryl methyl sites for hydroxylation is 2. The minimum atomic E-state index is -1.19. The molecule has 0 aliphatic heterocycles. The van der Waals surface area contributed by atoms with Crippen molar-refractivity contribution in [3.63, 3.8) is 0 Å². The molecule has 0 radical (unpaired) electrons. The van der Waals surface area contributed by atoms with E-state index in [0.717, 1.165) is 21.5 Å². The molecule has 11 aromatic rings. The topological polar surface area (TPSA) is 425 Å². The second-order valence-corrected chi connectivity index (χ2v) is 18.9. The molecule has 9 aromatic heterocycles. The minimum absolute atomic E-state index is 0. The zero-order chi connectivity index (χ0) is 61.3. The van der Waals surface area contributed by atoms with Crippen LogP contribution in [0.25, 0.3) is 55.9 Å². The van der Waals surface area contributed by atoms with E-state index in [9.17, 15) is 19.5 Å². The molecule has 9 heterocycles. The van der Waals surface area contributed by atoms with Gasteiger partial charge in [-0.15, -0.1) is 31.1 Å². The van der Waals surface area contributed by atoms with Crippen molar-refractivity contribution in [2.75, 3.05) is 13.2 Å². The van der Waals surface area contributed by atoms with Crippen LogP contribution in [0, 0.1) is 13.8 Å². The van der Waals surface area contributed by atoms with E-state index >= 15 is 0 Å². The number of amides is 2. The van der Waals surface area contributed by atoms with E-state index in [1.807, 2.05) is 55.5 Å². The molecule has 0 aliphatic rings. The first-order chi connectivity index (χ1) is 40.2. The molecule has 2 amide bonds. The maximum absolute atomic E-state index is 12.1. The Bertz CT molecular complexity index is 3950. The number of carboxylic acid groups (broad SMARTS) is 1. The smallest absolute Gasteiger partial charge is 0.850 e. The van der Waals surface area contributed by atoms with E-state index in [1.54, 1.807) is 62.7 Å². The van der Waals surface area contributed by atoms with E-state index in [0.29, 0.717) is 68.3 Å². The largest absolute Gasteiger partial charge is 1.00 e. The summed E-state index contributed by atoms with van der Waals surface area (Å²) in [5.41, 5.74) is 2.43. The molecular formula is C52H59ClN15NaO15. The van der Waals surface area contributed by atoms with Gasteiger partial charge in [-0.3, -0.25) is 9.59 Å². The molecule has 7 N–H and O–H groups in total. The fraction of sp³-hybridized carbons (Fsp3) is 0.308. The van der Waals surface area contributed by atoms with Crippen LogP contribution in [-0.4, -0.2) is 140 Å². The average molecular weight is 1190 g/mol. The van der Waals surface area contributed by atoms with Crippen LogP contribution in [0.15, 0.2) is 101 Å². The summed E-state index contributed by atoms with van der Waals surface area (Å²) in [4.78, 5) is 33.5. The number of nitrogens with zero attached hydrogens (tertiary/aromatic N) is 13. The summed E-state index contributed by atoms with van der Waals surface area (Å²) in [6.07, 6.45) is 0. The van der Waals surface area contributed by atoms with Crippen LogP contribution in [0.1, 0.15) is 105 Å². The maximum atomic E-state index is 12.1. The van der Waals surface area contributed by atoms with Crippen molar-refractivity contribution in [3.05, 3.63) is 130 Å². The van der Waals surface area contributed by atoms with Gasteiger partial charge in [0, 0.05) is 66.9 Å².